The predicted octanol–water partition coefficient (Wildman–Crippen LogP) is 2.95. The largest absolute Gasteiger partial charge is 0.457 e. The molecule has 0 radical (unpaired) electrons. The Morgan fingerprint density at radius 1 is 1.04 bits per heavy atom. The molecule has 8 heteroatoms. The van der Waals surface area contributed by atoms with Crippen LogP contribution < -0.4 is 19.7 Å². The summed E-state index contributed by atoms with van der Waals surface area (Å²) in [5, 5.41) is 5.34. The van der Waals surface area contributed by atoms with Crippen LogP contribution in [0.5, 0.6) is 11.5 Å². The van der Waals surface area contributed by atoms with Crippen molar-refractivity contribution in [2.24, 2.45) is 0 Å². The van der Waals surface area contributed by atoms with Gasteiger partial charge in [-0.05, 0) is 50.2 Å². The van der Waals surface area contributed by atoms with Crippen LogP contribution in [0.4, 0.5) is 10.5 Å². The van der Waals surface area contributed by atoms with Gasteiger partial charge in [0.25, 0.3) is 0 Å². The minimum Gasteiger partial charge on any atom is -0.457 e. The Balaban J connectivity index is 2.02. The fraction of sp³-hybridized carbons (Fsp3) is 0.316. The second-order valence-electron chi connectivity index (χ2n) is 6.30. The zero-order valence-electron chi connectivity index (χ0n) is 15.7. The van der Waals surface area contributed by atoms with E-state index in [2.05, 4.69) is 10.6 Å². The Morgan fingerprint density at radius 3 is 2.19 bits per heavy atom. The zero-order valence-corrected chi connectivity index (χ0v) is 16.5. The molecule has 0 unspecified atom stereocenters. The second kappa shape index (κ2) is 9.27. The fourth-order valence-corrected chi connectivity index (χ4v) is 3.30. The standard InChI is InChI=1S/C19H25N3O4S/c1-15(2)21-19(23)20-13-14-22(27(3,24)25)16-9-11-18(12-10-16)26-17-7-5-4-6-8-17/h4-12,15H,13-14H2,1-3H3,(H2,20,21,23). The molecule has 2 N–H and O–H groups in total. The van der Waals surface area contributed by atoms with Crippen molar-refractivity contribution >= 4 is 21.7 Å². The molecule has 0 atom stereocenters. The van der Waals surface area contributed by atoms with Crippen LogP contribution in [0, 0.1) is 0 Å². The maximum atomic E-state index is 12.1. The molecule has 0 saturated carbocycles. The summed E-state index contributed by atoms with van der Waals surface area (Å²) >= 11 is 0. The van der Waals surface area contributed by atoms with Gasteiger partial charge in [0, 0.05) is 12.6 Å². The van der Waals surface area contributed by atoms with Gasteiger partial charge in [-0.3, -0.25) is 4.31 Å². The van der Waals surface area contributed by atoms with E-state index in [-0.39, 0.29) is 25.2 Å². The molecule has 7 nitrogen and oxygen atoms in total. The first-order valence-corrected chi connectivity index (χ1v) is 10.5. The van der Waals surface area contributed by atoms with E-state index in [9.17, 15) is 13.2 Å². The van der Waals surface area contributed by atoms with Crippen molar-refractivity contribution in [3.8, 4) is 11.5 Å². The number of urea groups is 1. The van der Waals surface area contributed by atoms with Crippen molar-refractivity contribution in [2.75, 3.05) is 23.7 Å². The highest BCUT2D eigenvalue weighted by Gasteiger charge is 2.17. The normalized spacial score (nSPS) is 11.1. The van der Waals surface area contributed by atoms with Crippen LogP contribution in [0.1, 0.15) is 13.8 Å². The maximum Gasteiger partial charge on any atom is 0.315 e. The quantitative estimate of drug-likeness (QED) is 0.724. The number of sulfonamides is 1. The highest BCUT2D eigenvalue weighted by atomic mass is 32.2. The van der Waals surface area contributed by atoms with E-state index < -0.39 is 10.0 Å². The van der Waals surface area contributed by atoms with Crippen molar-refractivity contribution in [3.05, 3.63) is 54.6 Å². The average molecular weight is 391 g/mol. The van der Waals surface area contributed by atoms with Gasteiger partial charge in [-0.1, -0.05) is 18.2 Å². The molecule has 146 valence electrons. The van der Waals surface area contributed by atoms with Crippen molar-refractivity contribution < 1.29 is 17.9 Å². The lowest BCUT2D eigenvalue weighted by Gasteiger charge is -2.23. The molecular formula is C19H25N3O4S. The van der Waals surface area contributed by atoms with Crippen LogP contribution in [0.2, 0.25) is 0 Å². The van der Waals surface area contributed by atoms with Gasteiger partial charge in [0.15, 0.2) is 0 Å². The average Bonchev–Trinajstić information content (AvgIpc) is 2.59. The summed E-state index contributed by atoms with van der Waals surface area (Å²) in [6, 6.07) is 15.8. The van der Waals surface area contributed by atoms with Crippen molar-refractivity contribution in [3.63, 3.8) is 0 Å². The number of para-hydroxylation sites is 1. The van der Waals surface area contributed by atoms with Gasteiger partial charge >= 0.3 is 6.03 Å². The number of benzene rings is 2. The van der Waals surface area contributed by atoms with E-state index >= 15 is 0 Å². The number of amides is 2. The van der Waals surface area contributed by atoms with E-state index in [0.717, 1.165) is 6.26 Å². The Bertz CT molecular complexity index is 837. The number of carbonyl (C=O) groups is 1. The number of rotatable bonds is 8. The Labute approximate surface area is 160 Å². The number of nitrogens with zero attached hydrogens (tertiary/aromatic N) is 1. The fourth-order valence-electron chi connectivity index (χ4n) is 2.38. The molecule has 0 spiro atoms. The second-order valence-corrected chi connectivity index (χ2v) is 8.21. The highest BCUT2D eigenvalue weighted by molar-refractivity contribution is 7.92. The van der Waals surface area contributed by atoms with E-state index in [1.54, 1.807) is 24.3 Å². The maximum absolute atomic E-state index is 12.1. The molecule has 0 fully saturated rings. The summed E-state index contributed by atoms with van der Waals surface area (Å²) in [7, 11) is -3.49. The SMILES string of the molecule is CC(C)NC(=O)NCCN(c1ccc(Oc2ccccc2)cc1)S(C)(=O)=O. The Kier molecular flexibility index (Phi) is 7.06. The van der Waals surface area contributed by atoms with E-state index in [4.69, 9.17) is 4.74 Å². The number of carbonyl (C=O) groups excluding carboxylic acids is 1. The number of nitrogens with one attached hydrogen (secondary N) is 2. The summed E-state index contributed by atoms with van der Waals surface area (Å²) in [6.07, 6.45) is 1.13. The topological polar surface area (TPSA) is 87.7 Å². The minimum absolute atomic E-state index is 0.00756. The number of hydrogen-bond acceptors (Lipinski definition) is 4. The van der Waals surface area contributed by atoms with Crippen LogP contribution in [-0.4, -0.2) is 39.8 Å². The molecule has 0 heterocycles. The van der Waals surface area contributed by atoms with Gasteiger partial charge in [0.05, 0.1) is 18.5 Å². The lowest BCUT2D eigenvalue weighted by Crippen LogP contribution is -2.43. The first kappa shape index (κ1) is 20.6. The third-order valence-electron chi connectivity index (χ3n) is 3.52. The van der Waals surface area contributed by atoms with E-state index in [1.807, 2.05) is 44.2 Å². The van der Waals surface area contributed by atoms with Crippen LogP contribution in [0.15, 0.2) is 54.6 Å². The van der Waals surface area contributed by atoms with Crippen LogP contribution in [0.3, 0.4) is 0 Å². The third kappa shape index (κ3) is 6.82. The molecule has 2 rings (SSSR count). The van der Waals surface area contributed by atoms with Gasteiger partial charge in [-0.15, -0.1) is 0 Å². The van der Waals surface area contributed by atoms with Gasteiger partial charge in [0.2, 0.25) is 10.0 Å². The molecule has 2 amide bonds. The van der Waals surface area contributed by atoms with Gasteiger partial charge in [-0.2, -0.15) is 0 Å². The molecule has 0 bridgehead atoms. The predicted molar refractivity (Wildman–Crippen MR) is 107 cm³/mol. The number of ether oxygens (including phenoxy) is 1. The first-order chi connectivity index (χ1) is 12.8. The summed E-state index contributed by atoms with van der Waals surface area (Å²) in [5.74, 6) is 1.30. The molecule has 0 aliphatic rings. The Morgan fingerprint density at radius 2 is 1.63 bits per heavy atom. The van der Waals surface area contributed by atoms with Gasteiger partial charge < -0.3 is 15.4 Å². The summed E-state index contributed by atoms with van der Waals surface area (Å²) in [6.45, 7) is 4.01. The van der Waals surface area contributed by atoms with Crippen LogP contribution in [-0.2, 0) is 10.0 Å². The zero-order chi connectivity index (χ0) is 19.9. The third-order valence-corrected chi connectivity index (χ3v) is 4.72. The smallest absolute Gasteiger partial charge is 0.315 e. The van der Waals surface area contributed by atoms with Crippen molar-refractivity contribution in [1.29, 1.82) is 0 Å². The van der Waals surface area contributed by atoms with Crippen molar-refractivity contribution in [1.82, 2.24) is 10.6 Å². The molecule has 27 heavy (non-hydrogen) atoms. The number of hydrogen-bond donors (Lipinski definition) is 2. The monoisotopic (exact) mass is 391 g/mol. The molecule has 0 aliphatic heterocycles. The number of anilines is 1. The molecule has 2 aromatic rings. The van der Waals surface area contributed by atoms with E-state index in [0.29, 0.717) is 17.2 Å². The minimum atomic E-state index is -3.49. The molecule has 2 aromatic carbocycles. The lowest BCUT2D eigenvalue weighted by atomic mass is 10.3. The van der Waals surface area contributed by atoms with Gasteiger partial charge in [0.1, 0.15) is 11.5 Å². The summed E-state index contributed by atoms with van der Waals surface area (Å²) in [5.41, 5.74) is 0.504. The van der Waals surface area contributed by atoms with Crippen molar-refractivity contribution in [2.45, 2.75) is 19.9 Å². The van der Waals surface area contributed by atoms with Gasteiger partial charge in [-0.25, -0.2) is 13.2 Å². The Hall–Kier alpha value is -2.74. The van der Waals surface area contributed by atoms with Crippen LogP contribution >= 0.6 is 0 Å². The molecular weight excluding hydrogens is 366 g/mol. The van der Waals surface area contributed by atoms with E-state index in [1.165, 1.54) is 4.31 Å². The summed E-state index contributed by atoms with van der Waals surface area (Å²) in [4.78, 5) is 11.6. The molecule has 0 aromatic heterocycles. The first-order valence-electron chi connectivity index (χ1n) is 8.61. The lowest BCUT2D eigenvalue weighted by molar-refractivity contribution is 0.239. The highest BCUT2D eigenvalue weighted by Crippen LogP contribution is 2.25. The summed E-state index contributed by atoms with van der Waals surface area (Å²) < 4.78 is 31.2. The molecule has 0 saturated heterocycles. The van der Waals surface area contributed by atoms with Crippen LogP contribution in [0.25, 0.3) is 0 Å². The molecule has 0 aliphatic carbocycles.